The minimum atomic E-state index is -4.41. The van der Waals surface area contributed by atoms with E-state index >= 15 is 0 Å². The molecule has 0 aromatic carbocycles. The molecule has 12 heteroatoms. The highest BCUT2D eigenvalue weighted by Gasteiger charge is 2.27. The minimum Gasteiger partial charge on any atom is -0.466 e. The smallest absolute Gasteiger partial charge is 0.466 e. The summed E-state index contributed by atoms with van der Waals surface area (Å²) < 4.78 is 40.4. The fourth-order valence-corrected chi connectivity index (χ4v) is 6.63. The molecule has 0 spiro atoms. The van der Waals surface area contributed by atoms with Crippen LogP contribution in [0.25, 0.3) is 0 Å². The summed E-state index contributed by atoms with van der Waals surface area (Å²) >= 11 is 0. The number of aryl methyl sites for hydroxylation is 2. The number of rotatable bonds is 34. The number of phosphoric acid groups is 1. The molecule has 56 heavy (non-hydrogen) atoms. The zero-order chi connectivity index (χ0) is 41.7. The molecule has 1 aromatic heterocycles. The van der Waals surface area contributed by atoms with Crippen molar-refractivity contribution in [1.29, 1.82) is 0 Å². The molecule has 322 valence electrons. The van der Waals surface area contributed by atoms with Gasteiger partial charge in [0.15, 0.2) is 6.10 Å². The Morgan fingerprint density at radius 1 is 0.768 bits per heavy atom. The Hall–Kier alpha value is -2.53. The predicted molar refractivity (Wildman–Crippen MR) is 224 cm³/mol. The first-order chi connectivity index (χ1) is 26.7. The molecule has 0 aliphatic heterocycles. The number of ether oxygens (including phenoxy) is 2. The standard InChI is InChI=1S/C44H76NO10P/c1-8-10-11-12-13-17-22-28-39(46)29-23-18-16-21-25-31-43(47)51-35-40(36-53-56(49,50)52-34-33-45(5,6)7)54-44(48)32-26-20-15-14-19-24-30-42-38(4)37(3)41(55-42)27-9-2/h10-11,13,17,22,28,39-40,46H,8-9,12,14-16,18-21,23-27,29-36H2,1-7H3/p+1/b11-10+,17-13+,28-22+/t39?,40-/m1/s1. The number of likely N-dealkylation sites (N-methyl/N-ethyl adjacent to an activating group) is 1. The lowest BCUT2D eigenvalue weighted by Gasteiger charge is -2.24. The highest BCUT2D eigenvalue weighted by Crippen LogP contribution is 2.43. The number of aliphatic hydroxyl groups is 1. The molecule has 0 fully saturated rings. The SMILES string of the molecule is CC/C=C/C/C=C/C=C/C(O)CCCCCCCC(=O)OC[C@H](COP(=O)(O)OCC[N+](C)(C)C)OC(=O)CCCCCCCCc1oc(CCC)c(C)c1C. The third-order valence-electron chi connectivity index (χ3n) is 9.46. The van der Waals surface area contributed by atoms with Crippen LogP contribution in [-0.2, 0) is 45.5 Å². The fraction of sp³-hybridized carbons (Fsp3) is 0.727. The topological polar surface area (TPSA) is 142 Å². The van der Waals surface area contributed by atoms with E-state index in [1.807, 2.05) is 33.3 Å². The van der Waals surface area contributed by atoms with E-state index in [9.17, 15) is 24.2 Å². The zero-order valence-corrected chi connectivity index (χ0v) is 36.8. The van der Waals surface area contributed by atoms with Crippen LogP contribution in [0, 0.1) is 13.8 Å². The van der Waals surface area contributed by atoms with Gasteiger partial charge < -0.3 is 28.4 Å². The molecule has 2 unspecified atom stereocenters. The lowest BCUT2D eigenvalue weighted by atomic mass is 10.0. The van der Waals surface area contributed by atoms with Gasteiger partial charge in [-0.25, -0.2) is 4.57 Å². The summed E-state index contributed by atoms with van der Waals surface area (Å²) in [6.07, 6.45) is 26.5. The Morgan fingerprint density at radius 2 is 1.38 bits per heavy atom. The first kappa shape index (κ1) is 51.5. The summed E-state index contributed by atoms with van der Waals surface area (Å²) in [5.74, 6) is 1.31. The third-order valence-corrected chi connectivity index (χ3v) is 10.4. The van der Waals surface area contributed by atoms with Gasteiger partial charge in [-0.3, -0.25) is 18.6 Å². The lowest BCUT2D eigenvalue weighted by Crippen LogP contribution is -2.37. The van der Waals surface area contributed by atoms with Crippen molar-refractivity contribution >= 4 is 19.8 Å². The van der Waals surface area contributed by atoms with Crippen LogP contribution in [0.15, 0.2) is 40.9 Å². The van der Waals surface area contributed by atoms with Gasteiger partial charge in [0.25, 0.3) is 0 Å². The molecule has 0 amide bonds. The molecule has 11 nitrogen and oxygen atoms in total. The second-order valence-corrected chi connectivity index (χ2v) is 17.2. The molecule has 0 aliphatic carbocycles. The second kappa shape index (κ2) is 30.5. The van der Waals surface area contributed by atoms with Gasteiger partial charge >= 0.3 is 19.8 Å². The van der Waals surface area contributed by atoms with Gasteiger partial charge in [-0.2, -0.15) is 0 Å². The molecular formula is C44H77NO10P+. The fourth-order valence-electron chi connectivity index (χ4n) is 5.89. The predicted octanol–water partition coefficient (Wildman–Crippen LogP) is 9.98. The van der Waals surface area contributed by atoms with Gasteiger partial charge in [0.1, 0.15) is 31.3 Å². The maximum Gasteiger partial charge on any atom is 0.472 e. The Kier molecular flexibility index (Phi) is 28.1. The van der Waals surface area contributed by atoms with Crippen LogP contribution in [0.5, 0.6) is 0 Å². The molecule has 1 rings (SSSR count). The molecule has 0 saturated heterocycles. The number of carbonyl (C=O) groups is 2. The number of quaternary nitrogens is 1. The van der Waals surface area contributed by atoms with Crippen molar-refractivity contribution in [2.45, 2.75) is 162 Å². The Bertz CT molecular complexity index is 1350. The molecule has 1 heterocycles. The Morgan fingerprint density at radius 3 is 2.02 bits per heavy atom. The van der Waals surface area contributed by atoms with Gasteiger partial charge in [-0.15, -0.1) is 0 Å². The van der Waals surface area contributed by atoms with Gasteiger partial charge in [0.2, 0.25) is 0 Å². The van der Waals surface area contributed by atoms with Crippen molar-refractivity contribution in [1.82, 2.24) is 0 Å². The van der Waals surface area contributed by atoms with E-state index in [0.717, 1.165) is 101 Å². The quantitative estimate of drug-likeness (QED) is 0.0173. The van der Waals surface area contributed by atoms with Gasteiger partial charge in [-0.1, -0.05) is 102 Å². The number of esters is 2. The number of allylic oxidation sites excluding steroid dienone is 5. The van der Waals surface area contributed by atoms with Crippen LogP contribution in [-0.4, -0.2) is 86.1 Å². The molecule has 1 aromatic rings. The molecule has 0 aliphatic rings. The number of nitrogens with zero attached hydrogens (tertiary/aromatic N) is 1. The van der Waals surface area contributed by atoms with Crippen molar-refractivity contribution in [3.8, 4) is 0 Å². The van der Waals surface area contributed by atoms with E-state index in [0.29, 0.717) is 30.3 Å². The molecule has 3 atom stereocenters. The number of aliphatic hydroxyl groups excluding tert-OH is 1. The van der Waals surface area contributed by atoms with E-state index in [1.165, 1.54) is 11.1 Å². The number of carbonyl (C=O) groups excluding carboxylic acids is 2. The van der Waals surface area contributed by atoms with Gasteiger partial charge in [0.05, 0.1) is 33.9 Å². The first-order valence-electron chi connectivity index (χ1n) is 21.2. The summed E-state index contributed by atoms with van der Waals surface area (Å²) in [7, 11) is 1.39. The average Bonchev–Trinajstić information content (AvgIpc) is 3.40. The molecule has 0 bridgehead atoms. The van der Waals surface area contributed by atoms with Gasteiger partial charge in [-0.05, 0) is 69.9 Å². The highest BCUT2D eigenvalue weighted by atomic mass is 31.2. The zero-order valence-electron chi connectivity index (χ0n) is 35.9. The Balaban J connectivity index is 2.42. The van der Waals surface area contributed by atoms with E-state index in [4.69, 9.17) is 22.9 Å². The molecule has 0 saturated carbocycles. The maximum absolute atomic E-state index is 12.7. The first-order valence-corrected chi connectivity index (χ1v) is 22.7. The average molecular weight is 811 g/mol. The molecular weight excluding hydrogens is 733 g/mol. The normalized spacial score (nSPS) is 14.5. The summed E-state index contributed by atoms with van der Waals surface area (Å²) in [6.45, 7) is 8.32. The van der Waals surface area contributed by atoms with Crippen molar-refractivity contribution in [2.75, 3.05) is 47.5 Å². The van der Waals surface area contributed by atoms with Gasteiger partial charge in [0, 0.05) is 25.7 Å². The van der Waals surface area contributed by atoms with Crippen molar-refractivity contribution < 1.29 is 51.6 Å². The Labute approximate surface area is 339 Å². The lowest BCUT2D eigenvalue weighted by molar-refractivity contribution is -0.870. The van der Waals surface area contributed by atoms with E-state index in [1.54, 1.807) is 6.08 Å². The second-order valence-electron chi connectivity index (χ2n) is 15.8. The largest absolute Gasteiger partial charge is 0.472 e. The highest BCUT2D eigenvalue weighted by molar-refractivity contribution is 7.47. The number of unbranched alkanes of at least 4 members (excludes halogenated alkanes) is 9. The van der Waals surface area contributed by atoms with Crippen LogP contribution in [0.3, 0.4) is 0 Å². The van der Waals surface area contributed by atoms with E-state index in [2.05, 4.69) is 45.9 Å². The summed E-state index contributed by atoms with van der Waals surface area (Å²) in [6, 6.07) is 0. The van der Waals surface area contributed by atoms with Crippen molar-refractivity contribution in [2.24, 2.45) is 0 Å². The monoisotopic (exact) mass is 811 g/mol. The number of hydrogen-bond donors (Lipinski definition) is 2. The molecule has 2 N–H and O–H groups in total. The third kappa shape index (κ3) is 27.2. The van der Waals surface area contributed by atoms with Crippen LogP contribution in [0.4, 0.5) is 0 Å². The summed E-state index contributed by atoms with van der Waals surface area (Å²) in [4.78, 5) is 35.4. The summed E-state index contributed by atoms with van der Waals surface area (Å²) in [5.41, 5.74) is 2.56. The number of phosphoric ester groups is 1. The van der Waals surface area contributed by atoms with Crippen LogP contribution in [0.1, 0.15) is 146 Å². The number of furan rings is 1. The van der Waals surface area contributed by atoms with Crippen LogP contribution in [0.2, 0.25) is 0 Å². The van der Waals surface area contributed by atoms with E-state index in [-0.39, 0.29) is 26.1 Å². The van der Waals surface area contributed by atoms with Crippen molar-refractivity contribution in [3.05, 3.63) is 59.1 Å². The van der Waals surface area contributed by atoms with Crippen molar-refractivity contribution in [3.63, 3.8) is 0 Å². The molecule has 0 radical (unpaired) electrons. The van der Waals surface area contributed by atoms with Crippen LogP contribution < -0.4 is 0 Å². The minimum absolute atomic E-state index is 0.00538. The number of hydrogen-bond acceptors (Lipinski definition) is 9. The maximum atomic E-state index is 12.7. The van der Waals surface area contributed by atoms with E-state index < -0.39 is 38.6 Å². The summed E-state index contributed by atoms with van der Waals surface area (Å²) in [5, 5.41) is 10.1. The van der Waals surface area contributed by atoms with Crippen LogP contribution >= 0.6 is 7.82 Å².